The summed E-state index contributed by atoms with van der Waals surface area (Å²) in [6, 6.07) is 15.8. The molecule has 1 aromatic heterocycles. The number of ether oxygens (including phenoxy) is 1. The summed E-state index contributed by atoms with van der Waals surface area (Å²) in [6.45, 7) is 5.90. The van der Waals surface area contributed by atoms with Crippen LogP contribution in [0.25, 0.3) is 10.9 Å². The Morgan fingerprint density at radius 1 is 1.12 bits per heavy atom. The number of hydrogen-bond donors (Lipinski definition) is 0. The lowest BCUT2D eigenvalue weighted by molar-refractivity contribution is 0.164. The largest absolute Gasteiger partial charge is 0.381 e. The third kappa shape index (κ3) is 4.30. The van der Waals surface area contributed by atoms with Crippen LogP contribution in [0.1, 0.15) is 18.1 Å². The molecule has 0 aliphatic carbocycles. The van der Waals surface area contributed by atoms with Gasteiger partial charge in [-0.05, 0) is 31.5 Å². The van der Waals surface area contributed by atoms with Gasteiger partial charge in [0.05, 0.1) is 24.1 Å². The van der Waals surface area contributed by atoms with Crippen LogP contribution in [0, 0.1) is 6.92 Å². The van der Waals surface area contributed by atoms with Gasteiger partial charge in [-0.25, -0.2) is 4.98 Å². The van der Waals surface area contributed by atoms with Crippen molar-refractivity contribution in [1.82, 2.24) is 9.55 Å². The molecular formula is C20H22N2O2S. The van der Waals surface area contributed by atoms with E-state index in [0.717, 1.165) is 22.0 Å². The van der Waals surface area contributed by atoms with Gasteiger partial charge in [-0.1, -0.05) is 53.7 Å². The van der Waals surface area contributed by atoms with Crippen molar-refractivity contribution < 1.29 is 4.74 Å². The minimum atomic E-state index is 0.00471. The number of aryl methyl sites for hydroxylation is 1. The first-order chi connectivity index (χ1) is 12.2. The molecule has 0 aliphatic heterocycles. The highest BCUT2D eigenvalue weighted by Gasteiger charge is 2.12. The van der Waals surface area contributed by atoms with Gasteiger partial charge in [-0.2, -0.15) is 0 Å². The van der Waals surface area contributed by atoms with E-state index in [1.165, 1.54) is 5.56 Å². The summed E-state index contributed by atoms with van der Waals surface area (Å²) >= 11 is 1.57. The van der Waals surface area contributed by atoms with Crippen LogP contribution in [0.4, 0.5) is 0 Å². The first-order valence-electron chi connectivity index (χ1n) is 8.44. The van der Waals surface area contributed by atoms with E-state index in [-0.39, 0.29) is 5.56 Å². The van der Waals surface area contributed by atoms with Crippen LogP contribution in [0.5, 0.6) is 0 Å². The summed E-state index contributed by atoms with van der Waals surface area (Å²) in [4.78, 5) is 17.7. The third-order valence-electron chi connectivity index (χ3n) is 3.95. The van der Waals surface area contributed by atoms with Crippen LogP contribution in [0.15, 0.2) is 58.5 Å². The molecule has 0 bridgehead atoms. The molecule has 130 valence electrons. The number of aromatic nitrogens is 2. The summed E-state index contributed by atoms with van der Waals surface area (Å²) < 4.78 is 7.18. The fourth-order valence-corrected chi connectivity index (χ4v) is 3.46. The molecule has 2 aromatic carbocycles. The molecule has 4 nitrogen and oxygen atoms in total. The Balaban J connectivity index is 1.98. The van der Waals surface area contributed by atoms with Gasteiger partial charge in [0, 0.05) is 12.4 Å². The number of fused-ring (bicyclic) bond motifs is 1. The Kier molecular flexibility index (Phi) is 5.89. The smallest absolute Gasteiger partial charge is 0.262 e. The molecule has 0 saturated heterocycles. The van der Waals surface area contributed by atoms with Gasteiger partial charge < -0.3 is 4.74 Å². The molecule has 5 heteroatoms. The van der Waals surface area contributed by atoms with Gasteiger partial charge in [0.25, 0.3) is 5.56 Å². The second-order valence-corrected chi connectivity index (χ2v) is 6.90. The van der Waals surface area contributed by atoms with Crippen molar-refractivity contribution in [3.8, 4) is 0 Å². The molecule has 0 fully saturated rings. The monoisotopic (exact) mass is 354 g/mol. The second kappa shape index (κ2) is 8.32. The van der Waals surface area contributed by atoms with Gasteiger partial charge in [-0.3, -0.25) is 9.36 Å². The Labute approximate surface area is 151 Å². The van der Waals surface area contributed by atoms with Crippen molar-refractivity contribution >= 4 is 22.7 Å². The molecule has 1 heterocycles. The predicted octanol–water partition coefficient (Wildman–Crippen LogP) is 3.88. The fraction of sp³-hybridized carbons (Fsp3) is 0.300. The Morgan fingerprint density at radius 3 is 2.64 bits per heavy atom. The molecule has 0 atom stereocenters. The van der Waals surface area contributed by atoms with Crippen molar-refractivity contribution in [2.45, 2.75) is 25.5 Å². The zero-order chi connectivity index (χ0) is 17.6. The highest BCUT2D eigenvalue weighted by atomic mass is 32.2. The molecule has 0 spiro atoms. The van der Waals surface area contributed by atoms with Gasteiger partial charge in [0.15, 0.2) is 5.16 Å². The SMILES string of the molecule is CCOCCSc1nc2ccccc2c(=O)n1Cc1ccc(C)cc1. The Hall–Kier alpha value is -2.11. The molecule has 0 aliphatic rings. The van der Waals surface area contributed by atoms with Crippen LogP contribution in [-0.2, 0) is 11.3 Å². The minimum Gasteiger partial charge on any atom is -0.381 e. The van der Waals surface area contributed by atoms with Crippen molar-refractivity contribution in [2.75, 3.05) is 19.0 Å². The maximum absolute atomic E-state index is 13.0. The highest BCUT2D eigenvalue weighted by Crippen LogP contribution is 2.19. The van der Waals surface area contributed by atoms with Crippen LogP contribution >= 0.6 is 11.8 Å². The molecule has 3 rings (SSSR count). The van der Waals surface area contributed by atoms with Crippen molar-refractivity contribution in [3.05, 3.63) is 70.0 Å². The fourth-order valence-electron chi connectivity index (χ4n) is 2.61. The number of hydrogen-bond acceptors (Lipinski definition) is 4. The summed E-state index contributed by atoms with van der Waals surface area (Å²) in [5.41, 5.74) is 3.05. The van der Waals surface area contributed by atoms with E-state index < -0.39 is 0 Å². The van der Waals surface area contributed by atoms with Crippen molar-refractivity contribution in [1.29, 1.82) is 0 Å². The second-order valence-electron chi connectivity index (χ2n) is 5.83. The molecule has 0 N–H and O–H groups in total. The number of nitrogens with zero attached hydrogens (tertiary/aromatic N) is 2. The number of para-hydroxylation sites is 1. The number of benzene rings is 2. The predicted molar refractivity (Wildman–Crippen MR) is 104 cm³/mol. The summed E-state index contributed by atoms with van der Waals surface area (Å²) in [5, 5.41) is 1.40. The van der Waals surface area contributed by atoms with Crippen molar-refractivity contribution in [2.24, 2.45) is 0 Å². The molecule has 25 heavy (non-hydrogen) atoms. The quantitative estimate of drug-likeness (QED) is 0.367. The molecule has 0 radical (unpaired) electrons. The van der Waals surface area contributed by atoms with E-state index in [9.17, 15) is 4.79 Å². The van der Waals surface area contributed by atoms with E-state index in [1.807, 2.05) is 31.2 Å². The zero-order valence-electron chi connectivity index (χ0n) is 14.6. The normalized spacial score (nSPS) is 11.1. The number of thioether (sulfide) groups is 1. The van der Waals surface area contributed by atoms with Gasteiger partial charge in [-0.15, -0.1) is 0 Å². The molecule has 3 aromatic rings. The van der Waals surface area contributed by atoms with E-state index in [4.69, 9.17) is 9.72 Å². The van der Waals surface area contributed by atoms with Gasteiger partial charge >= 0.3 is 0 Å². The highest BCUT2D eigenvalue weighted by molar-refractivity contribution is 7.99. The zero-order valence-corrected chi connectivity index (χ0v) is 15.4. The maximum atomic E-state index is 13.0. The molecular weight excluding hydrogens is 332 g/mol. The lowest BCUT2D eigenvalue weighted by Crippen LogP contribution is -2.24. The van der Waals surface area contributed by atoms with Gasteiger partial charge in [0.2, 0.25) is 0 Å². The van der Waals surface area contributed by atoms with Gasteiger partial charge in [0.1, 0.15) is 0 Å². The summed E-state index contributed by atoms with van der Waals surface area (Å²) in [7, 11) is 0. The Morgan fingerprint density at radius 2 is 1.88 bits per heavy atom. The minimum absolute atomic E-state index is 0.00471. The van der Waals surface area contributed by atoms with E-state index in [2.05, 4.69) is 31.2 Å². The van der Waals surface area contributed by atoms with E-state index in [0.29, 0.717) is 25.1 Å². The third-order valence-corrected chi connectivity index (χ3v) is 4.89. The van der Waals surface area contributed by atoms with Crippen LogP contribution in [-0.4, -0.2) is 28.5 Å². The Bertz CT molecular complexity index is 904. The van der Waals surface area contributed by atoms with E-state index in [1.54, 1.807) is 16.3 Å². The molecule has 0 amide bonds. The lowest BCUT2D eigenvalue weighted by Gasteiger charge is -2.13. The first-order valence-corrected chi connectivity index (χ1v) is 9.43. The number of rotatable bonds is 7. The standard InChI is InChI=1S/C20H22N2O2S/c1-3-24-12-13-25-20-21-18-7-5-4-6-17(18)19(23)22(20)14-16-10-8-15(2)9-11-16/h4-11H,3,12-14H2,1-2H3. The van der Waals surface area contributed by atoms with Crippen molar-refractivity contribution in [3.63, 3.8) is 0 Å². The summed E-state index contributed by atoms with van der Waals surface area (Å²) in [5.74, 6) is 0.770. The summed E-state index contributed by atoms with van der Waals surface area (Å²) in [6.07, 6.45) is 0. The topological polar surface area (TPSA) is 44.1 Å². The van der Waals surface area contributed by atoms with E-state index >= 15 is 0 Å². The molecule has 0 unspecified atom stereocenters. The average Bonchev–Trinajstić information content (AvgIpc) is 2.63. The van der Waals surface area contributed by atoms with Crippen LogP contribution in [0.2, 0.25) is 0 Å². The first kappa shape index (κ1) is 17.7. The lowest BCUT2D eigenvalue weighted by atomic mass is 10.1. The van der Waals surface area contributed by atoms with Crippen LogP contribution < -0.4 is 5.56 Å². The average molecular weight is 354 g/mol. The maximum Gasteiger partial charge on any atom is 0.262 e. The molecule has 0 saturated carbocycles. The van der Waals surface area contributed by atoms with Crippen LogP contribution in [0.3, 0.4) is 0 Å².